The Balaban J connectivity index is 1.81. The van der Waals surface area contributed by atoms with E-state index in [-0.39, 0.29) is 40.4 Å². The molecule has 1 N–H and O–H groups in total. The van der Waals surface area contributed by atoms with E-state index < -0.39 is 28.5 Å². The summed E-state index contributed by atoms with van der Waals surface area (Å²) in [5.74, 6) is -0.779. The number of anilines is 1. The molecule has 11 heteroatoms. The molecule has 7 nitrogen and oxygen atoms in total. The van der Waals surface area contributed by atoms with Crippen LogP contribution in [0.2, 0.25) is 15.1 Å². The average Bonchev–Trinajstić information content (AvgIpc) is 3.02. The first kappa shape index (κ1) is 34.3. The topological polar surface area (TPSA) is 86.8 Å². The minimum absolute atomic E-state index is 0.0240. The summed E-state index contributed by atoms with van der Waals surface area (Å²) in [6.07, 6.45) is 0.206. The molecule has 0 aliphatic heterocycles. The molecular weight excluding hydrogens is 653 g/mol. The Kier molecular flexibility index (Phi) is 11.9. The highest BCUT2D eigenvalue weighted by atomic mass is 35.5. The van der Waals surface area contributed by atoms with Crippen molar-refractivity contribution in [1.82, 2.24) is 10.2 Å². The first-order valence-electron chi connectivity index (χ1n) is 14.3. The van der Waals surface area contributed by atoms with Gasteiger partial charge in [0.05, 0.1) is 15.6 Å². The van der Waals surface area contributed by atoms with Crippen LogP contribution in [0.25, 0.3) is 0 Å². The fraction of sp³-hybridized carbons (Fsp3) is 0.235. The monoisotopic (exact) mass is 685 g/mol. The van der Waals surface area contributed by atoms with Gasteiger partial charge in [-0.25, -0.2) is 8.42 Å². The number of carbonyl (C=O) groups excluding carboxylic acids is 2. The lowest BCUT2D eigenvalue weighted by molar-refractivity contribution is -0.140. The van der Waals surface area contributed by atoms with Crippen molar-refractivity contribution >= 4 is 62.3 Å². The van der Waals surface area contributed by atoms with Crippen LogP contribution in [-0.4, -0.2) is 44.3 Å². The number of nitrogens with zero attached hydrogens (tertiary/aromatic N) is 2. The number of hydrogen-bond donors (Lipinski definition) is 1. The minimum Gasteiger partial charge on any atom is -0.354 e. The number of rotatable bonds is 13. The van der Waals surface area contributed by atoms with E-state index in [1.165, 1.54) is 35.2 Å². The van der Waals surface area contributed by atoms with Gasteiger partial charge in [-0.05, 0) is 59.5 Å². The van der Waals surface area contributed by atoms with Crippen molar-refractivity contribution in [3.63, 3.8) is 0 Å². The third-order valence-electron chi connectivity index (χ3n) is 7.01. The van der Waals surface area contributed by atoms with Crippen LogP contribution in [0.3, 0.4) is 0 Å². The van der Waals surface area contributed by atoms with Crippen LogP contribution in [0.15, 0.2) is 108 Å². The van der Waals surface area contributed by atoms with Crippen LogP contribution in [-0.2, 0) is 32.6 Å². The molecule has 2 amide bonds. The molecule has 0 saturated carbocycles. The predicted molar refractivity (Wildman–Crippen MR) is 181 cm³/mol. The molecule has 0 spiro atoms. The van der Waals surface area contributed by atoms with E-state index in [9.17, 15) is 18.0 Å². The molecule has 45 heavy (non-hydrogen) atoms. The molecule has 4 aromatic carbocycles. The van der Waals surface area contributed by atoms with Crippen molar-refractivity contribution in [2.24, 2.45) is 5.92 Å². The van der Waals surface area contributed by atoms with E-state index in [1.807, 2.05) is 44.2 Å². The zero-order valence-corrected chi connectivity index (χ0v) is 28.0. The van der Waals surface area contributed by atoms with E-state index in [4.69, 9.17) is 34.8 Å². The molecule has 236 valence electrons. The average molecular weight is 687 g/mol. The van der Waals surface area contributed by atoms with Gasteiger partial charge >= 0.3 is 0 Å². The second-order valence-electron chi connectivity index (χ2n) is 10.9. The number of sulfonamides is 1. The van der Waals surface area contributed by atoms with Gasteiger partial charge in [0.25, 0.3) is 10.0 Å². The highest BCUT2D eigenvalue weighted by Gasteiger charge is 2.35. The van der Waals surface area contributed by atoms with Gasteiger partial charge < -0.3 is 10.2 Å². The second-order valence-corrected chi connectivity index (χ2v) is 14.1. The van der Waals surface area contributed by atoms with Crippen LogP contribution >= 0.6 is 34.8 Å². The highest BCUT2D eigenvalue weighted by Crippen LogP contribution is 2.33. The van der Waals surface area contributed by atoms with Crippen molar-refractivity contribution < 1.29 is 18.0 Å². The summed E-state index contributed by atoms with van der Waals surface area (Å²) in [6.45, 7) is 3.75. The van der Waals surface area contributed by atoms with Gasteiger partial charge in [0, 0.05) is 29.6 Å². The van der Waals surface area contributed by atoms with Crippen molar-refractivity contribution in [2.75, 3.05) is 17.4 Å². The van der Waals surface area contributed by atoms with Crippen molar-refractivity contribution in [3.8, 4) is 0 Å². The molecule has 0 aliphatic carbocycles. The minimum atomic E-state index is -4.28. The Morgan fingerprint density at radius 3 is 1.98 bits per heavy atom. The first-order valence-corrected chi connectivity index (χ1v) is 16.9. The fourth-order valence-corrected chi connectivity index (χ4v) is 6.82. The molecule has 0 fully saturated rings. The molecule has 0 bridgehead atoms. The predicted octanol–water partition coefficient (Wildman–Crippen LogP) is 7.25. The van der Waals surface area contributed by atoms with Crippen molar-refractivity contribution in [2.45, 2.75) is 37.8 Å². The van der Waals surface area contributed by atoms with Gasteiger partial charge in [-0.1, -0.05) is 109 Å². The summed E-state index contributed by atoms with van der Waals surface area (Å²) in [5, 5.41) is 3.84. The van der Waals surface area contributed by atoms with Gasteiger partial charge in [0.2, 0.25) is 11.8 Å². The van der Waals surface area contributed by atoms with Crippen LogP contribution < -0.4 is 9.62 Å². The quantitative estimate of drug-likeness (QED) is 0.161. The smallest absolute Gasteiger partial charge is 0.264 e. The maximum Gasteiger partial charge on any atom is 0.264 e. The summed E-state index contributed by atoms with van der Waals surface area (Å²) in [4.78, 5) is 29.7. The largest absolute Gasteiger partial charge is 0.354 e. The number of benzene rings is 4. The lowest BCUT2D eigenvalue weighted by atomic mass is 10.0. The molecule has 0 aromatic heterocycles. The Bertz CT molecular complexity index is 1700. The Morgan fingerprint density at radius 2 is 1.38 bits per heavy atom. The standard InChI is InChI=1S/C34H34Cl3N3O4S/c1-24(2)21-38-34(42)32(19-25-9-5-3-6-10-25)39(22-26-13-15-27(35)16-14-26)33(41)23-40(31-18-17-28(36)20-30(31)37)45(43,44)29-11-7-4-8-12-29/h3-18,20,24,32H,19,21-23H2,1-2H3,(H,38,42)/t32-/m1/s1. The molecule has 1 atom stereocenters. The zero-order chi connectivity index (χ0) is 32.6. The highest BCUT2D eigenvalue weighted by molar-refractivity contribution is 7.92. The number of amides is 2. The molecule has 0 saturated heterocycles. The maximum absolute atomic E-state index is 14.5. The number of carbonyl (C=O) groups is 2. The van der Waals surface area contributed by atoms with Gasteiger partial charge in [0.1, 0.15) is 12.6 Å². The van der Waals surface area contributed by atoms with Crippen molar-refractivity contribution in [1.29, 1.82) is 0 Å². The number of nitrogens with one attached hydrogen (secondary N) is 1. The van der Waals surface area contributed by atoms with Gasteiger partial charge in [-0.15, -0.1) is 0 Å². The van der Waals surface area contributed by atoms with E-state index in [0.717, 1.165) is 9.87 Å². The van der Waals surface area contributed by atoms with E-state index >= 15 is 0 Å². The summed E-state index contributed by atoms with van der Waals surface area (Å²) >= 11 is 18.8. The zero-order valence-electron chi connectivity index (χ0n) is 24.9. The lowest BCUT2D eigenvalue weighted by Crippen LogP contribution is -2.53. The Morgan fingerprint density at radius 1 is 0.778 bits per heavy atom. The molecule has 0 aliphatic rings. The molecule has 4 rings (SSSR count). The fourth-order valence-electron chi connectivity index (χ4n) is 4.68. The summed E-state index contributed by atoms with van der Waals surface area (Å²) in [7, 11) is -4.28. The molecular formula is C34H34Cl3N3O4S. The normalized spacial score (nSPS) is 12.0. The van der Waals surface area contributed by atoms with Crippen molar-refractivity contribution in [3.05, 3.63) is 129 Å². The Labute approximate surface area is 279 Å². The molecule has 0 unspecified atom stereocenters. The Hall–Kier alpha value is -3.56. The lowest BCUT2D eigenvalue weighted by Gasteiger charge is -2.34. The summed E-state index contributed by atoms with van der Waals surface area (Å²) in [6, 6.07) is 27.5. The molecule has 0 heterocycles. The van der Waals surface area contributed by atoms with Crippen LogP contribution in [0.5, 0.6) is 0 Å². The third kappa shape index (κ3) is 9.23. The molecule has 0 radical (unpaired) electrons. The number of hydrogen-bond acceptors (Lipinski definition) is 4. The SMILES string of the molecule is CC(C)CNC(=O)[C@@H](Cc1ccccc1)N(Cc1ccc(Cl)cc1)C(=O)CN(c1ccc(Cl)cc1Cl)S(=O)(=O)c1ccccc1. The maximum atomic E-state index is 14.5. The summed E-state index contributed by atoms with van der Waals surface area (Å²) in [5.41, 5.74) is 1.63. The van der Waals surface area contributed by atoms with Gasteiger partial charge in [-0.2, -0.15) is 0 Å². The molecule has 4 aromatic rings. The van der Waals surface area contributed by atoms with Gasteiger partial charge in [-0.3, -0.25) is 13.9 Å². The third-order valence-corrected chi connectivity index (χ3v) is 9.57. The number of halogens is 3. The van der Waals surface area contributed by atoms with Crippen LogP contribution in [0, 0.1) is 5.92 Å². The van der Waals surface area contributed by atoms with Gasteiger partial charge in [0.15, 0.2) is 0 Å². The van der Waals surface area contributed by atoms with Crippen LogP contribution in [0.4, 0.5) is 5.69 Å². The van der Waals surface area contributed by atoms with Crippen LogP contribution in [0.1, 0.15) is 25.0 Å². The van der Waals surface area contributed by atoms with E-state index in [0.29, 0.717) is 22.2 Å². The first-order chi connectivity index (χ1) is 21.5. The van der Waals surface area contributed by atoms with E-state index in [1.54, 1.807) is 42.5 Å². The summed E-state index contributed by atoms with van der Waals surface area (Å²) < 4.78 is 29.1. The second kappa shape index (κ2) is 15.6. The van der Waals surface area contributed by atoms with E-state index in [2.05, 4.69) is 5.32 Å².